The van der Waals surface area contributed by atoms with Crippen molar-refractivity contribution in [2.75, 3.05) is 11.4 Å². The van der Waals surface area contributed by atoms with Crippen LogP contribution in [0.3, 0.4) is 0 Å². The van der Waals surface area contributed by atoms with Crippen LogP contribution in [0.5, 0.6) is 0 Å². The van der Waals surface area contributed by atoms with Gasteiger partial charge in [0.25, 0.3) is 0 Å². The van der Waals surface area contributed by atoms with Crippen molar-refractivity contribution in [2.24, 2.45) is 0 Å². The minimum Gasteiger partial charge on any atom is -0.368 e. The second-order valence-corrected chi connectivity index (χ2v) is 5.46. The Morgan fingerprint density at radius 3 is 2.76 bits per heavy atom. The van der Waals surface area contributed by atoms with Crippen LogP contribution >= 0.6 is 15.9 Å². The summed E-state index contributed by atoms with van der Waals surface area (Å²) in [5, 5.41) is 0. The summed E-state index contributed by atoms with van der Waals surface area (Å²) in [5.41, 5.74) is 1.96. The number of anilines is 1. The lowest BCUT2D eigenvalue weighted by molar-refractivity contribution is 0.112. The van der Waals surface area contributed by atoms with Crippen LogP contribution in [0.1, 0.15) is 43.0 Å². The van der Waals surface area contributed by atoms with E-state index < -0.39 is 0 Å². The first-order chi connectivity index (χ1) is 8.26. The second kappa shape index (κ2) is 5.67. The molecule has 0 amide bonds. The fourth-order valence-corrected chi connectivity index (χ4v) is 2.67. The highest BCUT2D eigenvalue weighted by Gasteiger charge is 2.29. The molecule has 92 valence electrons. The van der Waals surface area contributed by atoms with Gasteiger partial charge in [-0.2, -0.15) is 0 Å². The molecular weight excluding hydrogens is 278 g/mol. The average Bonchev–Trinajstić information content (AvgIpc) is 3.15. The Bertz CT molecular complexity index is 401. The van der Waals surface area contributed by atoms with Crippen molar-refractivity contribution in [3.05, 3.63) is 28.2 Å². The number of benzene rings is 1. The highest BCUT2D eigenvalue weighted by Crippen LogP contribution is 2.36. The van der Waals surface area contributed by atoms with E-state index in [4.69, 9.17) is 0 Å². The SMILES string of the molecule is CCCCN(c1ccc(C=O)cc1Br)C1CC1. The molecule has 0 bridgehead atoms. The van der Waals surface area contributed by atoms with Crippen molar-refractivity contribution in [1.82, 2.24) is 0 Å². The van der Waals surface area contributed by atoms with Crippen molar-refractivity contribution < 1.29 is 4.79 Å². The number of aldehydes is 1. The molecule has 1 aliphatic rings. The molecule has 1 aromatic carbocycles. The van der Waals surface area contributed by atoms with Crippen LogP contribution in [0, 0.1) is 0 Å². The molecule has 0 atom stereocenters. The molecule has 0 radical (unpaired) electrons. The van der Waals surface area contributed by atoms with Gasteiger partial charge in [0, 0.05) is 22.6 Å². The van der Waals surface area contributed by atoms with Crippen LogP contribution in [0.25, 0.3) is 0 Å². The number of nitrogens with zero attached hydrogens (tertiary/aromatic N) is 1. The first-order valence-electron chi connectivity index (χ1n) is 6.27. The molecule has 2 rings (SSSR count). The Balaban J connectivity index is 2.19. The summed E-state index contributed by atoms with van der Waals surface area (Å²) in [6.07, 6.45) is 5.92. The zero-order valence-corrected chi connectivity index (χ0v) is 11.7. The molecule has 0 aliphatic heterocycles. The standard InChI is InChI=1S/C14H18BrNO/c1-2-3-8-16(12-5-6-12)14-7-4-11(10-17)9-13(14)15/h4,7,9-10,12H,2-3,5-6,8H2,1H3. The lowest BCUT2D eigenvalue weighted by atomic mass is 10.2. The maximum absolute atomic E-state index is 10.7. The van der Waals surface area contributed by atoms with Crippen LogP contribution in [0.4, 0.5) is 5.69 Å². The van der Waals surface area contributed by atoms with Crippen molar-refractivity contribution in [2.45, 2.75) is 38.6 Å². The number of carbonyl (C=O) groups is 1. The molecule has 1 fully saturated rings. The zero-order chi connectivity index (χ0) is 12.3. The molecule has 0 N–H and O–H groups in total. The molecule has 0 heterocycles. The normalized spacial score (nSPS) is 14.7. The molecule has 0 spiro atoms. The van der Waals surface area contributed by atoms with E-state index in [1.54, 1.807) is 0 Å². The highest BCUT2D eigenvalue weighted by molar-refractivity contribution is 9.10. The van der Waals surface area contributed by atoms with E-state index in [0.717, 1.165) is 22.9 Å². The van der Waals surface area contributed by atoms with Crippen molar-refractivity contribution >= 4 is 27.9 Å². The quantitative estimate of drug-likeness (QED) is 0.739. The minimum absolute atomic E-state index is 0.708. The fraction of sp³-hybridized carbons (Fsp3) is 0.500. The van der Waals surface area contributed by atoms with Crippen LogP contribution < -0.4 is 4.90 Å². The summed E-state index contributed by atoms with van der Waals surface area (Å²) in [5.74, 6) is 0. The van der Waals surface area contributed by atoms with Gasteiger partial charge in [-0.05, 0) is 53.4 Å². The number of halogens is 1. The zero-order valence-electron chi connectivity index (χ0n) is 10.2. The Hall–Kier alpha value is -0.830. The van der Waals surface area contributed by atoms with Crippen molar-refractivity contribution in [3.8, 4) is 0 Å². The summed E-state index contributed by atoms with van der Waals surface area (Å²) < 4.78 is 1.03. The van der Waals surface area contributed by atoms with Gasteiger partial charge < -0.3 is 4.90 Å². The first kappa shape index (κ1) is 12.6. The van der Waals surface area contributed by atoms with Crippen LogP contribution in [0.2, 0.25) is 0 Å². The van der Waals surface area contributed by atoms with Gasteiger partial charge in [-0.25, -0.2) is 0 Å². The topological polar surface area (TPSA) is 20.3 Å². The first-order valence-corrected chi connectivity index (χ1v) is 7.07. The smallest absolute Gasteiger partial charge is 0.150 e. The fourth-order valence-electron chi connectivity index (χ4n) is 2.04. The van der Waals surface area contributed by atoms with Crippen molar-refractivity contribution in [3.63, 3.8) is 0 Å². The summed E-state index contributed by atoms with van der Waals surface area (Å²) >= 11 is 3.58. The van der Waals surface area contributed by atoms with E-state index in [2.05, 4.69) is 33.8 Å². The number of rotatable bonds is 6. The van der Waals surface area contributed by atoms with Gasteiger partial charge in [-0.1, -0.05) is 13.3 Å². The monoisotopic (exact) mass is 295 g/mol. The predicted molar refractivity (Wildman–Crippen MR) is 74.8 cm³/mol. The Morgan fingerprint density at radius 1 is 1.47 bits per heavy atom. The summed E-state index contributed by atoms with van der Waals surface area (Å²) in [7, 11) is 0. The largest absolute Gasteiger partial charge is 0.368 e. The number of hydrogen-bond acceptors (Lipinski definition) is 2. The molecule has 0 aromatic heterocycles. The molecule has 0 unspecified atom stereocenters. The molecule has 1 aliphatic carbocycles. The van der Waals surface area contributed by atoms with E-state index in [1.165, 1.54) is 31.4 Å². The lowest BCUT2D eigenvalue weighted by Crippen LogP contribution is -2.27. The van der Waals surface area contributed by atoms with Crippen LogP contribution in [0.15, 0.2) is 22.7 Å². The molecule has 1 aromatic rings. The molecular formula is C14H18BrNO. The predicted octanol–water partition coefficient (Wildman–Crippen LogP) is 4.03. The van der Waals surface area contributed by atoms with Crippen LogP contribution in [-0.2, 0) is 0 Å². The number of unbranched alkanes of at least 4 members (excludes halogenated alkanes) is 1. The van der Waals surface area contributed by atoms with E-state index in [1.807, 2.05) is 12.1 Å². The molecule has 3 heteroatoms. The van der Waals surface area contributed by atoms with E-state index in [9.17, 15) is 4.79 Å². The van der Waals surface area contributed by atoms with E-state index >= 15 is 0 Å². The minimum atomic E-state index is 0.708. The summed E-state index contributed by atoms with van der Waals surface area (Å²) in [4.78, 5) is 13.2. The summed E-state index contributed by atoms with van der Waals surface area (Å²) in [6.45, 7) is 3.33. The third kappa shape index (κ3) is 3.09. The number of hydrogen-bond donors (Lipinski definition) is 0. The van der Waals surface area contributed by atoms with Crippen molar-refractivity contribution in [1.29, 1.82) is 0 Å². The molecule has 2 nitrogen and oxygen atoms in total. The third-order valence-corrected chi connectivity index (χ3v) is 3.79. The molecule has 17 heavy (non-hydrogen) atoms. The summed E-state index contributed by atoms with van der Waals surface area (Å²) in [6, 6.07) is 6.57. The van der Waals surface area contributed by atoms with Gasteiger partial charge in [0.2, 0.25) is 0 Å². The van der Waals surface area contributed by atoms with Crippen LogP contribution in [-0.4, -0.2) is 18.9 Å². The molecule has 1 saturated carbocycles. The average molecular weight is 296 g/mol. The van der Waals surface area contributed by atoms with Gasteiger partial charge in [-0.15, -0.1) is 0 Å². The molecule has 0 saturated heterocycles. The highest BCUT2D eigenvalue weighted by atomic mass is 79.9. The van der Waals surface area contributed by atoms with E-state index in [-0.39, 0.29) is 0 Å². The van der Waals surface area contributed by atoms with Gasteiger partial charge in [0.05, 0.1) is 5.69 Å². The van der Waals surface area contributed by atoms with Gasteiger partial charge in [0.15, 0.2) is 0 Å². The third-order valence-electron chi connectivity index (χ3n) is 3.16. The van der Waals surface area contributed by atoms with Gasteiger partial charge in [-0.3, -0.25) is 4.79 Å². The number of carbonyl (C=O) groups excluding carboxylic acids is 1. The van der Waals surface area contributed by atoms with Gasteiger partial charge >= 0.3 is 0 Å². The Labute approximate surface area is 111 Å². The Kier molecular flexibility index (Phi) is 4.21. The maximum Gasteiger partial charge on any atom is 0.150 e. The second-order valence-electron chi connectivity index (χ2n) is 4.61. The van der Waals surface area contributed by atoms with Gasteiger partial charge in [0.1, 0.15) is 6.29 Å². The maximum atomic E-state index is 10.7. The Morgan fingerprint density at radius 2 is 2.24 bits per heavy atom. The lowest BCUT2D eigenvalue weighted by Gasteiger charge is -2.25. The van der Waals surface area contributed by atoms with E-state index in [0.29, 0.717) is 6.04 Å².